The second-order valence-electron chi connectivity index (χ2n) is 3.56. The summed E-state index contributed by atoms with van der Waals surface area (Å²) in [6.45, 7) is 1.87. The van der Waals surface area contributed by atoms with E-state index in [1.807, 2.05) is 6.92 Å². The van der Waals surface area contributed by atoms with Crippen molar-refractivity contribution < 1.29 is 19.4 Å². The van der Waals surface area contributed by atoms with Gasteiger partial charge >= 0.3 is 5.97 Å². The molecule has 0 aromatic heterocycles. The number of aromatic carboxylic acids is 1. The molecule has 0 amide bonds. The van der Waals surface area contributed by atoms with Gasteiger partial charge in [0.05, 0.1) is 0 Å². The van der Waals surface area contributed by atoms with Gasteiger partial charge in [-0.25, -0.2) is 9.18 Å². The van der Waals surface area contributed by atoms with Crippen LogP contribution in [0.2, 0.25) is 0 Å². The summed E-state index contributed by atoms with van der Waals surface area (Å²) in [6.07, 6.45) is 1.20. The monoisotopic (exact) mass is 227 g/mol. The SMILES string of the molecule is CCC[C@H](N)c1c(F)ccc(C(=O)O)c1O. The number of rotatable bonds is 4. The molecule has 0 bridgehead atoms. The number of carboxylic acid groups (broad SMARTS) is 1. The highest BCUT2D eigenvalue weighted by Crippen LogP contribution is 2.31. The van der Waals surface area contributed by atoms with Gasteiger partial charge in [0.1, 0.15) is 17.1 Å². The summed E-state index contributed by atoms with van der Waals surface area (Å²) in [5.74, 6) is -2.56. The number of aromatic hydroxyl groups is 1. The maximum absolute atomic E-state index is 13.4. The quantitative estimate of drug-likeness (QED) is 0.734. The molecule has 0 saturated heterocycles. The van der Waals surface area contributed by atoms with Gasteiger partial charge in [-0.3, -0.25) is 0 Å². The first-order valence-electron chi connectivity index (χ1n) is 4.99. The molecule has 0 unspecified atom stereocenters. The number of hydrogen-bond acceptors (Lipinski definition) is 3. The van der Waals surface area contributed by atoms with Crippen LogP contribution in [0.25, 0.3) is 0 Å². The van der Waals surface area contributed by atoms with E-state index in [0.717, 1.165) is 18.6 Å². The predicted molar refractivity (Wildman–Crippen MR) is 56.9 cm³/mol. The summed E-state index contributed by atoms with van der Waals surface area (Å²) in [5.41, 5.74) is 5.23. The number of nitrogens with two attached hydrogens (primary N) is 1. The van der Waals surface area contributed by atoms with Crippen LogP contribution in [0.3, 0.4) is 0 Å². The Morgan fingerprint density at radius 3 is 2.69 bits per heavy atom. The van der Waals surface area contributed by atoms with Crippen LogP contribution in [0, 0.1) is 5.82 Å². The fraction of sp³-hybridized carbons (Fsp3) is 0.364. The topological polar surface area (TPSA) is 83.6 Å². The molecule has 0 aliphatic rings. The molecule has 0 radical (unpaired) electrons. The molecule has 0 aliphatic carbocycles. The van der Waals surface area contributed by atoms with Crippen molar-refractivity contribution in [3.63, 3.8) is 0 Å². The maximum atomic E-state index is 13.4. The summed E-state index contributed by atoms with van der Waals surface area (Å²) in [4.78, 5) is 10.7. The average Bonchev–Trinajstić information content (AvgIpc) is 2.17. The Morgan fingerprint density at radius 2 is 2.19 bits per heavy atom. The van der Waals surface area contributed by atoms with Gasteiger partial charge in [0.2, 0.25) is 0 Å². The van der Waals surface area contributed by atoms with E-state index in [9.17, 15) is 14.3 Å². The molecule has 1 aromatic carbocycles. The summed E-state index contributed by atoms with van der Waals surface area (Å²) in [6, 6.07) is 1.34. The molecular weight excluding hydrogens is 213 g/mol. The van der Waals surface area contributed by atoms with Crippen LogP contribution in [0.4, 0.5) is 4.39 Å². The molecule has 16 heavy (non-hydrogen) atoms. The summed E-state index contributed by atoms with van der Waals surface area (Å²) >= 11 is 0. The third-order valence-electron chi connectivity index (χ3n) is 2.36. The van der Waals surface area contributed by atoms with E-state index in [2.05, 4.69) is 0 Å². The first-order chi connectivity index (χ1) is 7.49. The van der Waals surface area contributed by atoms with Gasteiger partial charge in [-0.05, 0) is 18.6 Å². The van der Waals surface area contributed by atoms with E-state index >= 15 is 0 Å². The highest BCUT2D eigenvalue weighted by atomic mass is 19.1. The zero-order chi connectivity index (χ0) is 12.3. The summed E-state index contributed by atoms with van der Waals surface area (Å²) < 4.78 is 13.4. The van der Waals surface area contributed by atoms with Crippen molar-refractivity contribution in [2.45, 2.75) is 25.8 Å². The van der Waals surface area contributed by atoms with Crippen molar-refractivity contribution in [3.05, 3.63) is 29.1 Å². The summed E-state index contributed by atoms with van der Waals surface area (Å²) in [5, 5.41) is 18.4. The fourth-order valence-electron chi connectivity index (χ4n) is 1.56. The minimum absolute atomic E-state index is 0.123. The molecule has 4 N–H and O–H groups in total. The minimum Gasteiger partial charge on any atom is -0.507 e. The molecule has 1 rings (SSSR count). The Bertz CT molecular complexity index is 406. The van der Waals surface area contributed by atoms with Crippen LogP contribution in [-0.2, 0) is 0 Å². The van der Waals surface area contributed by atoms with Gasteiger partial charge < -0.3 is 15.9 Å². The van der Waals surface area contributed by atoms with E-state index in [1.54, 1.807) is 0 Å². The van der Waals surface area contributed by atoms with E-state index in [0.29, 0.717) is 6.42 Å². The Balaban J connectivity index is 3.26. The number of phenols is 1. The molecule has 0 fully saturated rings. The smallest absolute Gasteiger partial charge is 0.339 e. The number of halogens is 1. The number of benzene rings is 1. The Kier molecular flexibility index (Phi) is 3.84. The second kappa shape index (κ2) is 4.94. The lowest BCUT2D eigenvalue weighted by atomic mass is 9.98. The van der Waals surface area contributed by atoms with Crippen molar-refractivity contribution in [2.24, 2.45) is 5.73 Å². The lowest BCUT2D eigenvalue weighted by Crippen LogP contribution is -2.13. The standard InChI is InChI=1S/C11H14FNO3/c1-2-3-8(13)9-7(12)5-4-6(10(9)14)11(15)16/h4-5,8,14H,2-3,13H2,1H3,(H,15,16)/t8-/m0/s1. The van der Waals surface area contributed by atoms with Crippen LogP contribution in [-0.4, -0.2) is 16.2 Å². The number of hydrogen-bond donors (Lipinski definition) is 3. The third-order valence-corrected chi connectivity index (χ3v) is 2.36. The Labute approximate surface area is 92.5 Å². The highest BCUT2D eigenvalue weighted by Gasteiger charge is 2.21. The van der Waals surface area contributed by atoms with Gasteiger partial charge in [-0.15, -0.1) is 0 Å². The van der Waals surface area contributed by atoms with Crippen molar-refractivity contribution in [1.29, 1.82) is 0 Å². The largest absolute Gasteiger partial charge is 0.507 e. The second-order valence-corrected chi connectivity index (χ2v) is 3.56. The van der Waals surface area contributed by atoms with Crippen LogP contribution >= 0.6 is 0 Å². The third kappa shape index (κ3) is 2.30. The molecule has 0 saturated carbocycles. The molecule has 4 nitrogen and oxygen atoms in total. The fourth-order valence-corrected chi connectivity index (χ4v) is 1.56. The first-order valence-corrected chi connectivity index (χ1v) is 4.99. The molecule has 0 aliphatic heterocycles. The molecule has 0 spiro atoms. The van der Waals surface area contributed by atoms with Crippen LogP contribution in [0.1, 0.15) is 41.7 Å². The Morgan fingerprint density at radius 1 is 1.56 bits per heavy atom. The maximum Gasteiger partial charge on any atom is 0.339 e. The highest BCUT2D eigenvalue weighted by molar-refractivity contribution is 5.91. The number of carboxylic acids is 1. The molecule has 1 aromatic rings. The van der Waals surface area contributed by atoms with Crippen LogP contribution < -0.4 is 5.73 Å². The van der Waals surface area contributed by atoms with Crippen molar-refractivity contribution >= 4 is 5.97 Å². The van der Waals surface area contributed by atoms with Crippen molar-refractivity contribution in [1.82, 2.24) is 0 Å². The van der Waals surface area contributed by atoms with Gasteiger partial charge in [0, 0.05) is 11.6 Å². The number of carbonyl (C=O) groups is 1. The molecule has 5 heteroatoms. The van der Waals surface area contributed by atoms with Crippen molar-refractivity contribution in [2.75, 3.05) is 0 Å². The normalized spacial score (nSPS) is 12.4. The van der Waals surface area contributed by atoms with Gasteiger partial charge in [0.25, 0.3) is 0 Å². The van der Waals surface area contributed by atoms with Crippen molar-refractivity contribution in [3.8, 4) is 5.75 Å². The zero-order valence-corrected chi connectivity index (χ0v) is 8.90. The van der Waals surface area contributed by atoms with E-state index < -0.39 is 23.6 Å². The zero-order valence-electron chi connectivity index (χ0n) is 8.90. The van der Waals surface area contributed by atoms with Gasteiger partial charge in [-0.1, -0.05) is 13.3 Å². The van der Waals surface area contributed by atoms with E-state index in [4.69, 9.17) is 10.8 Å². The average molecular weight is 227 g/mol. The summed E-state index contributed by atoms with van der Waals surface area (Å²) in [7, 11) is 0. The van der Waals surface area contributed by atoms with E-state index in [-0.39, 0.29) is 11.1 Å². The lowest BCUT2D eigenvalue weighted by Gasteiger charge is -2.14. The van der Waals surface area contributed by atoms with Gasteiger partial charge in [-0.2, -0.15) is 0 Å². The predicted octanol–water partition coefficient (Wildman–Crippen LogP) is 2.03. The molecular formula is C11H14FNO3. The van der Waals surface area contributed by atoms with Crippen LogP contribution in [0.15, 0.2) is 12.1 Å². The molecule has 0 heterocycles. The molecule has 88 valence electrons. The minimum atomic E-state index is -1.30. The van der Waals surface area contributed by atoms with Crippen LogP contribution in [0.5, 0.6) is 5.75 Å². The first kappa shape index (κ1) is 12.4. The van der Waals surface area contributed by atoms with E-state index in [1.165, 1.54) is 0 Å². The molecule has 1 atom stereocenters. The van der Waals surface area contributed by atoms with Gasteiger partial charge in [0.15, 0.2) is 0 Å². The lowest BCUT2D eigenvalue weighted by molar-refractivity contribution is 0.0693. The Hall–Kier alpha value is -1.62.